The Morgan fingerprint density at radius 2 is 1.92 bits per heavy atom. The van der Waals surface area contributed by atoms with Crippen LogP contribution in [0.1, 0.15) is 29.1 Å². The number of carbonyl (C=O) groups is 1. The molecule has 3 aromatic carbocycles. The van der Waals surface area contributed by atoms with Gasteiger partial charge in [0.25, 0.3) is 5.91 Å². The van der Waals surface area contributed by atoms with Crippen molar-refractivity contribution in [3.63, 3.8) is 0 Å². The van der Waals surface area contributed by atoms with Crippen LogP contribution in [0.25, 0.3) is 16.6 Å². The van der Waals surface area contributed by atoms with Gasteiger partial charge in [-0.3, -0.25) is 4.79 Å². The van der Waals surface area contributed by atoms with E-state index >= 15 is 0 Å². The van der Waals surface area contributed by atoms with Crippen molar-refractivity contribution in [2.45, 2.75) is 13.0 Å². The number of H-pyrrole nitrogens is 1. The Balaban J connectivity index is 1.40. The number of aromatic amines is 1. The molecule has 0 saturated heterocycles. The second-order valence-corrected chi connectivity index (χ2v) is 8.61. The molecular formula is C27H25FN6O3. The first-order valence-corrected chi connectivity index (χ1v) is 11.7. The number of hydrogen-bond donors (Lipinski definition) is 2. The number of methoxy groups -OCH3 is 1. The van der Waals surface area contributed by atoms with Crippen molar-refractivity contribution < 1.29 is 18.7 Å². The van der Waals surface area contributed by atoms with Crippen molar-refractivity contribution in [3.05, 3.63) is 96.2 Å². The average Bonchev–Trinajstić information content (AvgIpc) is 3.61. The van der Waals surface area contributed by atoms with E-state index in [0.717, 1.165) is 22.2 Å². The van der Waals surface area contributed by atoms with Crippen LogP contribution in [0.15, 0.2) is 79.1 Å². The Morgan fingerprint density at radius 1 is 1.08 bits per heavy atom. The number of nitrogens with one attached hydrogen (secondary N) is 2. The number of rotatable bonds is 9. The second kappa shape index (κ2) is 10.5. The molecule has 10 heteroatoms. The molecule has 2 aromatic heterocycles. The monoisotopic (exact) mass is 500 g/mol. The molecule has 37 heavy (non-hydrogen) atoms. The van der Waals surface area contributed by atoms with Crippen molar-refractivity contribution in [3.8, 4) is 17.2 Å². The van der Waals surface area contributed by atoms with Crippen molar-refractivity contribution in [1.29, 1.82) is 0 Å². The van der Waals surface area contributed by atoms with E-state index in [9.17, 15) is 9.18 Å². The van der Waals surface area contributed by atoms with Crippen LogP contribution in [0.5, 0.6) is 11.5 Å². The molecule has 0 fully saturated rings. The molecule has 0 saturated carbocycles. The van der Waals surface area contributed by atoms with E-state index in [0.29, 0.717) is 18.0 Å². The van der Waals surface area contributed by atoms with Crippen LogP contribution >= 0.6 is 0 Å². The van der Waals surface area contributed by atoms with Crippen LogP contribution in [-0.4, -0.2) is 44.8 Å². The predicted molar refractivity (Wildman–Crippen MR) is 135 cm³/mol. The lowest BCUT2D eigenvalue weighted by atomic mass is 9.96. The number of carbonyl (C=O) groups excluding carboxylic acids is 1. The van der Waals surface area contributed by atoms with Crippen molar-refractivity contribution in [1.82, 2.24) is 30.5 Å². The van der Waals surface area contributed by atoms with Crippen LogP contribution in [0.4, 0.5) is 4.39 Å². The van der Waals surface area contributed by atoms with Gasteiger partial charge in [0.2, 0.25) is 0 Å². The molecule has 2 heterocycles. The highest BCUT2D eigenvalue weighted by molar-refractivity contribution is 5.91. The Labute approximate surface area is 212 Å². The Hall–Kier alpha value is -4.73. The maximum Gasteiger partial charge on any atom is 0.273 e. The Morgan fingerprint density at radius 3 is 2.68 bits per heavy atom. The highest BCUT2D eigenvalue weighted by atomic mass is 19.1. The van der Waals surface area contributed by atoms with E-state index < -0.39 is 6.10 Å². The van der Waals surface area contributed by atoms with Gasteiger partial charge in [-0.05, 0) is 60.2 Å². The summed E-state index contributed by atoms with van der Waals surface area (Å²) in [5, 5.41) is 18.2. The highest BCUT2D eigenvalue weighted by Crippen LogP contribution is 2.32. The summed E-state index contributed by atoms with van der Waals surface area (Å²) in [5.74, 6) is 0.626. The molecule has 2 N–H and O–H groups in total. The van der Waals surface area contributed by atoms with Gasteiger partial charge in [0.15, 0.2) is 5.69 Å². The Bertz CT molecular complexity index is 1500. The third-order valence-electron chi connectivity index (χ3n) is 6.05. The number of benzene rings is 3. The van der Waals surface area contributed by atoms with Gasteiger partial charge in [0, 0.05) is 17.8 Å². The maximum absolute atomic E-state index is 13.4. The zero-order valence-corrected chi connectivity index (χ0v) is 20.3. The zero-order chi connectivity index (χ0) is 25.8. The van der Waals surface area contributed by atoms with Gasteiger partial charge in [0.05, 0.1) is 30.7 Å². The number of aromatic nitrogens is 5. The number of fused-ring (bicyclic) bond motifs is 1. The van der Waals surface area contributed by atoms with Crippen LogP contribution in [0, 0.1) is 11.7 Å². The van der Waals surface area contributed by atoms with E-state index in [1.54, 1.807) is 30.1 Å². The smallest absolute Gasteiger partial charge is 0.273 e. The first kappa shape index (κ1) is 24.0. The minimum absolute atomic E-state index is 0.111. The molecule has 0 radical (unpaired) electrons. The molecule has 2 atom stereocenters. The lowest BCUT2D eigenvalue weighted by molar-refractivity contribution is 0.0916. The minimum Gasteiger partial charge on any atom is -0.497 e. The molecule has 0 bridgehead atoms. The number of halogens is 1. The minimum atomic E-state index is -0.391. The number of hydrogen-bond acceptors (Lipinski definition) is 6. The van der Waals surface area contributed by atoms with Crippen molar-refractivity contribution >= 4 is 16.8 Å². The summed E-state index contributed by atoms with van der Waals surface area (Å²) in [5.41, 5.74) is 2.75. The number of nitrogens with zero attached hydrogens (tertiary/aromatic N) is 4. The van der Waals surface area contributed by atoms with E-state index in [4.69, 9.17) is 9.47 Å². The molecule has 0 aliphatic heterocycles. The zero-order valence-electron chi connectivity index (χ0n) is 20.3. The first-order valence-electron chi connectivity index (χ1n) is 11.7. The van der Waals surface area contributed by atoms with Gasteiger partial charge < -0.3 is 14.8 Å². The predicted octanol–water partition coefficient (Wildman–Crippen LogP) is 4.48. The van der Waals surface area contributed by atoms with Crippen LogP contribution in [0.2, 0.25) is 0 Å². The van der Waals surface area contributed by atoms with E-state index in [-0.39, 0.29) is 23.3 Å². The molecule has 5 rings (SSSR count). The standard InChI is InChI=1S/C27H25FN6O3/c1-17(14-29-27(35)24-16-30-33-32-24)26(18-4-3-5-22(12-18)36-2)37-23-10-11-25-19(13-23)15-31-34(25)21-8-6-20(28)7-9-21/h3-13,15-17,26H,14H2,1-2H3,(H,29,35)(H,30,32,33)/t17-,26+/m0/s1. The largest absolute Gasteiger partial charge is 0.497 e. The molecule has 0 aliphatic carbocycles. The fourth-order valence-corrected chi connectivity index (χ4v) is 4.11. The number of amides is 1. The summed E-state index contributed by atoms with van der Waals surface area (Å²) in [4.78, 5) is 12.4. The van der Waals surface area contributed by atoms with Gasteiger partial charge in [0.1, 0.15) is 23.4 Å². The summed E-state index contributed by atoms with van der Waals surface area (Å²) < 4.78 is 27.0. The SMILES string of the molecule is COc1cccc([C@H](Oc2ccc3c(cnn3-c3ccc(F)cc3)c2)[C@@H](C)CNC(=O)c2cn[nH]n2)c1. The average molecular weight is 501 g/mol. The molecule has 5 aromatic rings. The normalized spacial score (nSPS) is 12.7. The van der Waals surface area contributed by atoms with Crippen LogP contribution < -0.4 is 14.8 Å². The lowest BCUT2D eigenvalue weighted by Gasteiger charge is -2.26. The summed E-state index contributed by atoms with van der Waals surface area (Å²) in [6, 6.07) is 19.5. The molecule has 0 unspecified atom stereocenters. The van der Waals surface area contributed by atoms with Gasteiger partial charge in [-0.2, -0.15) is 20.5 Å². The summed E-state index contributed by atoms with van der Waals surface area (Å²) in [7, 11) is 1.61. The van der Waals surface area contributed by atoms with Crippen molar-refractivity contribution in [2.75, 3.05) is 13.7 Å². The molecule has 0 aliphatic rings. The van der Waals surface area contributed by atoms with E-state index in [1.807, 2.05) is 49.4 Å². The quantitative estimate of drug-likeness (QED) is 0.309. The maximum atomic E-state index is 13.4. The molecule has 188 valence electrons. The van der Waals surface area contributed by atoms with Crippen LogP contribution in [0.3, 0.4) is 0 Å². The molecule has 1 amide bonds. The Kier molecular flexibility index (Phi) is 6.80. The third kappa shape index (κ3) is 5.27. The molecule has 0 spiro atoms. The summed E-state index contributed by atoms with van der Waals surface area (Å²) in [6.07, 6.45) is 2.72. The van der Waals surface area contributed by atoms with E-state index in [2.05, 4.69) is 25.8 Å². The fraction of sp³-hybridized carbons (Fsp3) is 0.185. The summed E-state index contributed by atoms with van der Waals surface area (Å²) >= 11 is 0. The fourth-order valence-electron chi connectivity index (χ4n) is 4.11. The number of ether oxygens (including phenoxy) is 2. The van der Waals surface area contributed by atoms with Gasteiger partial charge in [-0.1, -0.05) is 19.1 Å². The lowest BCUT2D eigenvalue weighted by Crippen LogP contribution is -2.32. The van der Waals surface area contributed by atoms with Gasteiger partial charge in [-0.25, -0.2) is 9.07 Å². The van der Waals surface area contributed by atoms with Gasteiger partial charge in [-0.15, -0.1) is 0 Å². The van der Waals surface area contributed by atoms with E-state index in [1.165, 1.54) is 18.3 Å². The molecular weight excluding hydrogens is 475 g/mol. The first-order chi connectivity index (χ1) is 18.0. The molecule has 9 nitrogen and oxygen atoms in total. The van der Waals surface area contributed by atoms with Gasteiger partial charge >= 0.3 is 0 Å². The van der Waals surface area contributed by atoms with Crippen molar-refractivity contribution in [2.24, 2.45) is 5.92 Å². The second-order valence-electron chi connectivity index (χ2n) is 8.61. The summed E-state index contributed by atoms with van der Waals surface area (Å²) in [6.45, 7) is 2.34. The van der Waals surface area contributed by atoms with Crippen LogP contribution in [-0.2, 0) is 0 Å². The highest BCUT2D eigenvalue weighted by Gasteiger charge is 2.24. The third-order valence-corrected chi connectivity index (χ3v) is 6.05. The topological polar surface area (TPSA) is 107 Å².